The second-order valence-corrected chi connectivity index (χ2v) is 1.71. The van der Waals surface area contributed by atoms with E-state index in [1.165, 1.54) is 5.57 Å². The minimum atomic E-state index is 0. The summed E-state index contributed by atoms with van der Waals surface area (Å²) in [4.78, 5) is 0. The van der Waals surface area contributed by atoms with Gasteiger partial charge in [-0.3, -0.25) is 0 Å². The Hall–Kier alpha value is 0.124. The second-order valence-electron chi connectivity index (χ2n) is 1.71. The van der Waals surface area contributed by atoms with Gasteiger partial charge in [-0.05, 0) is 6.42 Å². The van der Waals surface area contributed by atoms with Crippen molar-refractivity contribution in [3.8, 4) is 0 Å². The zero-order chi connectivity index (χ0) is 7.11. The van der Waals surface area contributed by atoms with E-state index in [4.69, 9.17) is 5.41 Å². The molecule has 1 rings (SSSR count). The van der Waals surface area contributed by atoms with Crippen molar-refractivity contribution >= 4 is 6.21 Å². The van der Waals surface area contributed by atoms with Crippen LogP contribution >= 0.6 is 0 Å². The van der Waals surface area contributed by atoms with Crippen LogP contribution in [0, 0.1) is 12.3 Å². The van der Waals surface area contributed by atoms with Gasteiger partial charge in [0.05, 0.1) is 0 Å². The van der Waals surface area contributed by atoms with Gasteiger partial charge in [-0.25, -0.2) is 18.6 Å². The van der Waals surface area contributed by atoms with Crippen LogP contribution in [0.4, 0.5) is 0 Å². The van der Waals surface area contributed by atoms with Crippen molar-refractivity contribution < 1.29 is 32.7 Å². The number of rotatable bonds is 0. The van der Waals surface area contributed by atoms with Crippen molar-refractivity contribution in [2.45, 2.75) is 13.3 Å². The van der Waals surface area contributed by atoms with Gasteiger partial charge in [-0.1, -0.05) is 0 Å². The van der Waals surface area contributed by atoms with Crippen LogP contribution in [0.15, 0.2) is 23.8 Å². The Balaban J connectivity index is 0. The summed E-state index contributed by atoms with van der Waals surface area (Å²) in [5.41, 5.74) is 1.22. The number of allylic oxidation sites excluding steroid dienone is 4. The molecule has 2 heteroatoms. The molecule has 0 heterocycles. The number of hydrogen-bond donors (Lipinski definition) is 1. The Labute approximate surface area is 88.0 Å². The maximum atomic E-state index is 5.96. The Bertz CT molecular complexity index is 136. The zero-order valence-electron chi connectivity index (χ0n) is 6.22. The standard InChI is InChI=1S/C6H7.C2H4N.Y/c1-6-4-2-3-5-6;1-2-3;/h2-4H,1,5H2;3H,1H3;/q2*-1;+3. The monoisotopic (exact) mass is 210 g/mol. The molecule has 0 unspecified atom stereocenters. The summed E-state index contributed by atoms with van der Waals surface area (Å²) in [5.74, 6) is 0. The maximum Gasteiger partial charge on any atom is 3.00 e. The van der Waals surface area contributed by atoms with E-state index in [0.29, 0.717) is 0 Å². The smallest absolute Gasteiger partial charge is 0.519 e. The first-order chi connectivity index (χ1) is 4.31. The van der Waals surface area contributed by atoms with Gasteiger partial charge in [0.2, 0.25) is 0 Å². The van der Waals surface area contributed by atoms with E-state index in [1.807, 2.05) is 18.4 Å². The normalized spacial score (nSPS) is 12.3. The Morgan fingerprint density at radius 3 is 2.30 bits per heavy atom. The molecule has 1 nitrogen and oxygen atoms in total. The van der Waals surface area contributed by atoms with Gasteiger partial charge in [0, 0.05) is 0 Å². The summed E-state index contributed by atoms with van der Waals surface area (Å²) in [6, 6.07) is 0. The fraction of sp³-hybridized carbons (Fsp3) is 0.250. The molecule has 0 spiro atoms. The molecule has 0 aromatic heterocycles. The molecule has 0 saturated heterocycles. The molecule has 0 aliphatic heterocycles. The van der Waals surface area contributed by atoms with Gasteiger partial charge in [0.1, 0.15) is 0 Å². The Kier molecular flexibility index (Phi) is 11.7. The number of hydrogen-bond acceptors (Lipinski definition) is 1. The summed E-state index contributed by atoms with van der Waals surface area (Å²) in [5, 5.41) is 5.96. The molecule has 10 heavy (non-hydrogen) atoms. The van der Waals surface area contributed by atoms with E-state index in [-0.39, 0.29) is 32.7 Å². The average molecular weight is 210 g/mol. The molecule has 0 aromatic carbocycles. The van der Waals surface area contributed by atoms with E-state index >= 15 is 0 Å². The van der Waals surface area contributed by atoms with Crippen LogP contribution in [0.5, 0.6) is 0 Å². The molecule has 50 valence electrons. The first-order valence-electron chi connectivity index (χ1n) is 2.82. The van der Waals surface area contributed by atoms with Gasteiger partial charge in [-0.15, -0.1) is 12.2 Å². The number of nitrogens with one attached hydrogen (secondary N) is 1. The largest absolute Gasteiger partial charge is 3.00 e. The van der Waals surface area contributed by atoms with Crippen LogP contribution in [0.25, 0.3) is 0 Å². The van der Waals surface area contributed by atoms with Gasteiger partial charge in [-0.2, -0.15) is 6.92 Å². The van der Waals surface area contributed by atoms with Gasteiger partial charge < -0.3 is 11.6 Å². The zero-order valence-corrected chi connectivity index (χ0v) is 9.06. The van der Waals surface area contributed by atoms with Crippen LogP contribution < -0.4 is 0 Å². The molecule has 0 aromatic rings. The molecule has 0 atom stereocenters. The van der Waals surface area contributed by atoms with Crippen LogP contribution in [-0.2, 0) is 32.7 Å². The fourth-order valence-electron chi connectivity index (χ4n) is 0.492. The molecule has 0 bridgehead atoms. The third-order valence-corrected chi connectivity index (χ3v) is 0.848. The van der Waals surface area contributed by atoms with Crippen LogP contribution in [-0.4, -0.2) is 6.21 Å². The van der Waals surface area contributed by atoms with Gasteiger partial charge >= 0.3 is 32.7 Å². The second kappa shape index (κ2) is 9.12. The molecule has 0 fully saturated rings. The maximum absolute atomic E-state index is 5.96. The minimum absolute atomic E-state index is 0. The third-order valence-electron chi connectivity index (χ3n) is 0.848. The van der Waals surface area contributed by atoms with Crippen LogP contribution in [0.1, 0.15) is 13.3 Å². The molecule has 0 radical (unpaired) electrons. The Morgan fingerprint density at radius 2 is 2.20 bits per heavy atom. The van der Waals surface area contributed by atoms with Gasteiger partial charge in [0.15, 0.2) is 0 Å². The summed E-state index contributed by atoms with van der Waals surface area (Å²) in [7, 11) is 0. The third kappa shape index (κ3) is 8.12. The predicted molar refractivity (Wildman–Crippen MR) is 40.6 cm³/mol. The minimum Gasteiger partial charge on any atom is -0.519 e. The van der Waals surface area contributed by atoms with Crippen LogP contribution in [0.2, 0.25) is 0 Å². The molecule has 1 aliphatic carbocycles. The van der Waals surface area contributed by atoms with Crippen LogP contribution in [0.3, 0.4) is 0 Å². The molecule has 0 saturated carbocycles. The summed E-state index contributed by atoms with van der Waals surface area (Å²) in [6.45, 7) is 5.28. The first kappa shape index (κ1) is 12.8. The first-order valence-corrected chi connectivity index (χ1v) is 2.82. The molecule has 0 amide bonds. The topological polar surface area (TPSA) is 23.9 Å². The molecular weight excluding hydrogens is 199 g/mol. The molecule has 1 aliphatic rings. The average Bonchev–Trinajstić information content (AvgIpc) is 2.20. The van der Waals surface area contributed by atoms with E-state index in [1.54, 1.807) is 6.92 Å². The summed E-state index contributed by atoms with van der Waals surface area (Å²) >= 11 is 0. The molecular formula is C8H11NY+. The van der Waals surface area contributed by atoms with Crippen molar-refractivity contribution in [3.05, 3.63) is 30.7 Å². The van der Waals surface area contributed by atoms with Crippen molar-refractivity contribution in [2.24, 2.45) is 0 Å². The summed E-state index contributed by atoms with van der Waals surface area (Å²) in [6.07, 6.45) is 9.21. The Morgan fingerprint density at radius 1 is 1.70 bits per heavy atom. The van der Waals surface area contributed by atoms with Crippen molar-refractivity contribution in [1.29, 1.82) is 5.41 Å². The summed E-state index contributed by atoms with van der Waals surface area (Å²) < 4.78 is 0. The van der Waals surface area contributed by atoms with E-state index in [9.17, 15) is 0 Å². The van der Waals surface area contributed by atoms with Crippen molar-refractivity contribution in [2.75, 3.05) is 0 Å². The van der Waals surface area contributed by atoms with E-state index in [0.717, 1.165) is 6.42 Å². The van der Waals surface area contributed by atoms with Gasteiger partial charge in [0.25, 0.3) is 0 Å². The van der Waals surface area contributed by atoms with Crippen molar-refractivity contribution in [3.63, 3.8) is 0 Å². The van der Waals surface area contributed by atoms with E-state index in [2.05, 4.69) is 13.0 Å². The quantitative estimate of drug-likeness (QED) is 0.468. The molecule has 1 N–H and O–H groups in total. The SMILES string of the molecule is C[C-]=N.[CH2-]C1=CC=CC1.[Y+3]. The van der Waals surface area contributed by atoms with Crippen molar-refractivity contribution in [1.82, 2.24) is 0 Å². The van der Waals surface area contributed by atoms with E-state index < -0.39 is 0 Å². The fourth-order valence-corrected chi connectivity index (χ4v) is 0.492. The predicted octanol–water partition coefficient (Wildman–Crippen LogP) is 2.24.